The quantitative estimate of drug-likeness (QED) is 0.415. The fraction of sp³-hybridized carbons (Fsp3) is 0.846. The molecule has 1 unspecified atom stereocenters. The van der Waals surface area contributed by atoms with Gasteiger partial charge in [-0.1, -0.05) is 52.2 Å². The molecule has 13 heavy (non-hydrogen) atoms. The van der Waals surface area contributed by atoms with Crippen LogP contribution in [0.3, 0.4) is 0 Å². The molecular weight excluding hydrogens is 156 g/mol. The Hall–Kier alpha value is -0.260. The van der Waals surface area contributed by atoms with Gasteiger partial charge in [-0.25, -0.2) is 0 Å². The van der Waals surface area contributed by atoms with Crippen LogP contribution < -0.4 is 0 Å². The molecule has 0 aromatic carbocycles. The first kappa shape index (κ1) is 10.8. The van der Waals surface area contributed by atoms with Crippen molar-refractivity contribution in [2.75, 3.05) is 0 Å². The molecule has 0 aliphatic heterocycles. The summed E-state index contributed by atoms with van der Waals surface area (Å²) in [7, 11) is 0. The van der Waals surface area contributed by atoms with Crippen LogP contribution in [-0.4, -0.2) is 0 Å². The zero-order valence-electron chi connectivity index (χ0n) is 9.47. The fourth-order valence-electron chi connectivity index (χ4n) is 1.79. The van der Waals surface area contributed by atoms with Crippen LogP contribution in [0.1, 0.15) is 59.3 Å². The van der Waals surface area contributed by atoms with E-state index in [1.165, 1.54) is 38.5 Å². The zero-order chi connectivity index (χ0) is 9.73. The Morgan fingerprint density at radius 1 is 1.23 bits per heavy atom. The van der Waals surface area contributed by atoms with Crippen molar-refractivity contribution >= 4 is 0 Å². The second-order valence-electron chi connectivity index (χ2n) is 5.08. The molecule has 0 spiro atoms. The SMILES string of the molecule is CCCCCC/C=C\C1CC1(C)C. The Labute approximate surface area is 83.4 Å². The Kier molecular flexibility index (Phi) is 4.02. The summed E-state index contributed by atoms with van der Waals surface area (Å²) in [5.74, 6) is 0.888. The molecule has 1 fully saturated rings. The van der Waals surface area contributed by atoms with Crippen molar-refractivity contribution in [3.05, 3.63) is 12.2 Å². The zero-order valence-corrected chi connectivity index (χ0v) is 9.47. The smallest absolute Gasteiger partial charge is 0.0177 e. The van der Waals surface area contributed by atoms with Gasteiger partial charge in [0.05, 0.1) is 0 Å². The molecule has 0 nitrogen and oxygen atoms in total. The molecule has 0 heterocycles. The lowest BCUT2D eigenvalue weighted by Gasteiger charge is -1.97. The van der Waals surface area contributed by atoms with Gasteiger partial charge >= 0.3 is 0 Å². The van der Waals surface area contributed by atoms with E-state index in [0.29, 0.717) is 5.41 Å². The summed E-state index contributed by atoms with van der Waals surface area (Å²) in [6.45, 7) is 6.99. The third-order valence-corrected chi connectivity index (χ3v) is 3.18. The van der Waals surface area contributed by atoms with Gasteiger partial charge in [-0.05, 0) is 30.6 Å². The Bertz CT molecular complexity index is 165. The first-order valence-electron chi connectivity index (χ1n) is 5.83. The van der Waals surface area contributed by atoms with E-state index < -0.39 is 0 Å². The monoisotopic (exact) mass is 180 g/mol. The summed E-state index contributed by atoms with van der Waals surface area (Å²) < 4.78 is 0. The van der Waals surface area contributed by atoms with Crippen LogP contribution in [-0.2, 0) is 0 Å². The number of rotatable bonds is 6. The number of unbranched alkanes of at least 4 members (excludes halogenated alkanes) is 4. The van der Waals surface area contributed by atoms with Crippen molar-refractivity contribution in [3.63, 3.8) is 0 Å². The van der Waals surface area contributed by atoms with Crippen molar-refractivity contribution in [1.82, 2.24) is 0 Å². The molecule has 0 amide bonds. The molecule has 0 radical (unpaired) electrons. The van der Waals surface area contributed by atoms with E-state index in [4.69, 9.17) is 0 Å². The van der Waals surface area contributed by atoms with Crippen molar-refractivity contribution < 1.29 is 0 Å². The molecule has 1 aliphatic rings. The summed E-state index contributed by atoms with van der Waals surface area (Å²) in [5.41, 5.74) is 0.625. The van der Waals surface area contributed by atoms with Gasteiger partial charge in [0.15, 0.2) is 0 Å². The molecule has 1 aliphatic carbocycles. The van der Waals surface area contributed by atoms with Crippen LogP contribution in [0, 0.1) is 11.3 Å². The first-order chi connectivity index (χ1) is 6.17. The Morgan fingerprint density at radius 2 is 1.92 bits per heavy atom. The minimum absolute atomic E-state index is 0.625. The van der Waals surface area contributed by atoms with Gasteiger partial charge in [-0.3, -0.25) is 0 Å². The molecule has 1 atom stereocenters. The third-order valence-electron chi connectivity index (χ3n) is 3.18. The largest absolute Gasteiger partial charge is 0.0882 e. The van der Waals surface area contributed by atoms with Gasteiger partial charge in [0.25, 0.3) is 0 Å². The van der Waals surface area contributed by atoms with Crippen LogP contribution in [0.25, 0.3) is 0 Å². The van der Waals surface area contributed by atoms with E-state index in [0.717, 1.165) is 5.92 Å². The molecule has 1 saturated carbocycles. The van der Waals surface area contributed by atoms with E-state index in [-0.39, 0.29) is 0 Å². The topological polar surface area (TPSA) is 0 Å². The van der Waals surface area contributed by atoms with Crippen molar-refractivity contribution in [1.29, 1.82) is 0 Å². The van der Waals surface area contributed by atoms with E-state index in [9.17, 15) is 0 Å². The molecular formula is C13H24. The van der Waals surface area contributed by atoms with Crippen LogP contribution in [0.2, 0.25) is 0 Å². The van der Waals surface area contributed by atoms with E-state index in [2.05, 4.69) is 32.9 Å². The summed E-state index contributed by atoms with van der Waals surface area (Å²) in [6, 6.07) is 0. The minimum Gasteiger partial charge on any atom is -0.0882 e. The molecule has 0 aromatic heterocycles. The Morgan fingerprint density at radius 3 is 2.46 bits per heavy atom. The van der Waals surface area contributed by atoms with E-state index in [1.807, 2.05) is 0 Å². The first-order valence-corrected chi connectivity index (χ1v) is 5.83. The van der Waals surface area contributed by atoms with Gasteiger partial charge in [0.1, 0.15) is 0 Å². The minimum atomic E-state index is 0.625. The van der Waals surface area contributed by atoms with Crippen LogP contribution in [0.4, 0.5) is 0 Å². The van der Waals surface area contributed by atoms with Crippen LogP contribution >= 0.6 is 0 Å². The lowest BCUT2D eigenvalue weighted by atomic mass is 10.1. The fourth-order valence-corrected chi connectivity index (χ4v) is 1.79. The standard InChI is InChI=1S/C13H24/c1-4-5-6-7-8-9-10-12-11-13(12,2)3/h9-10,12H,4-8,11H2,1-3H3/b10-9-. The molecule has 0 saturated heterocycles. The molecule has 0 bridgehead atoms. The highest BCUT2D eigenvalue weighted by molar-refractivity contribution is 5.07. The maximum Gasteiger partial charge on any atom is -0.0177 e. The third kappa shape index (κ3) is 3.97. The second kappa shape index (κ2) is 4.83. The van der Waals surface area contributed by atoms with Gasteiger partial charge < -0.3 is 0 Å². The predicted octanol–water partition coefficient (Wildman–Crippen LogP) is 4.56. The molecule has 0 N–H and O–H groups in total. The summed E-state index contributed by atoms with van der Waals surface area (Å²) >= 11 is 0. The van der Waals surface area contributed by atoms with E-state index >= 15 is 0 Å². The number of allylic oxidation sites excluding steroid dienone is 2. The average molecular weight is 180 g/mol. The van der Waals surface area contributed by atoms with Gasteiger partial charge in [-0.2, -0.15) is 0 Å². The summed E-state index contributed by atoms with van der Waals surface area (Å²) in [4.78, 5) is 0. The van der Waals surface area contributed by atoms with Gasteiger partial charge in [-0.15, -0.1) is 0 Å². The molecule has 0 aromatic rings. The van der Waals surface area contributed by atoms with Crippen molar-refractivity contribution in [2.24, 2.45) is 11.3 Å². The predicted molar refractivity (Wildman–Crippen MR) is 59.8 cm³/mol. The summed E-state index contributed by atoms with van der Waals surface area (Å²) in [6.07, 6.45) is 13.1. The normalized spacial score (nSPS) is 25.3. The number of hydrogen-bond donors (Lipinski definition) is 0. The average Bonchev–Trinajstić information content (AvgIpc) is 2.67. The molecule has 76 valence electrons. The summed E-state index contributed by atoms with van der Waals surface area (Å²) in [5, 5.41) is 0. The highest BCUT2D eigenvalue weighted by Gasteiger charge is 2.43. The van der Waals surface area contributed by atoms with Gasteiger partial charge in [0, 0.05) is 0 Å². The second-order valence-corrected chi connectivity index (χ2v) is 5.08. The van der Waals surface area contributed by atoms with Crippen LogP contribution in [0.15, 0.2) is 12.2 Å². The maximum atomic E-state index is 2.44. The molecule has 1 rings (SSSR count). The maximum absolute atomic E-state index is 2.44. The molecule has 0 heteroatoms. The Balaban J connectivity index is 1.94. The van der Waals surface area contributed by atoms with E-state index in [1.54, 1.807) is 0 Å². The highest BCUT2D eigenvalue weighted by atomic mass is 14.5. The van der Waals surface area contributed by atoms with Crippen LogP contribution in [0.5, 0.6) is 0 Å². The van der Waals surface area contributed by atoms with Gasteiger partial charge in [0.2, 0.25) is 0 Å². The van der Waals surface area contributed by atoms with Crippen molar-refractivity contribution in [3.8, 4) is 0 Å². The van der Waals surface area contributed by atoms with Crippen molar-refractivity contribution in [2.45, 2.75) is 59.3 Å². The number of hydrogen-bond acceptors (Lipinski definition) is 0. The highest BCUT2D eigenvalue weighted by Crippen LogP contribution is 2.52. The lowest BCUT2D eigenvalue weighted by molar-refractivity contribution is 0.608. The lowest BCUT2D eigenvalue weighted by Crippen LogP contribution is -1.85.